The van der Waals surface area contributed by atoms with E-state index in [-0.39, 0.29) is 28.6 Å². The maximum absolute atomic E-state index is 11.9. The Bertz CT molecular complexity index is 1000. The predicted octanol–water partition coefficient (Wildman–Crippen LogP) is 4.36. The minimum atomic E-state index is -0.631. The molecule has 2 rings (SSSR count). The first kappa shape index (κ1) is 22.7. The molecule has 0 aliphatic rings. The third kappa shape index (κ3) is 5.48. The summed E-state index contributed by atoms with van der Waals surface area (Å²) in [5, 5.41) is 14.3. The van der Waals surface area contributed by atoms with E-state index in [9.17, 15) is 19.7 Å². The zero-order chi connectivity index (χ0) is 22.3. The van der Waals surface area contributed by atoms with Gasteiger partial charge in [-0.1, -0.05) is 11.6 Å². The number of nitrogens with zero attached hydrogens (tertiary/aromatic N) is 1. The van der Waals surface area contributed by atoms with Gasteiger partial charge in [0.05, 0.1) is 42.1 Å². The summed E-state index contributed by atoms with van der Waals surface area (Å²) < 4.78 is 14.8. The fourth-order valence-corrected chi connectivity index (χ4v) is 2.70. The van der Waals surface area contributed by atoms with Gasteiger partial charge in [0.2, 0.25) is 0 Å². The molecule has 0 atom stereocenters. The van der Waals surface area contributed by atoms with Gasteiger partial charge in [-0.15, -0.1) is 0 Å². The number of nitrogens with one attached hydrogen (secondary N) is 1. The highest BCUT2D eigenvalue weighted by Crippen LogP contribution is 2.35. The average Bonchev–Trinajstić information content (AvgIpc) is 2.73. The first-order valence-electron chi connectivity index (χ1n) is 8.66. The van der Waals surface area contributed by atoms with Gasteiger partial charge in [0.25, 0.3) is 5.69 Å². The van der Waals surface area contributed by atoms with Crippen LogP contribution in [0.3, 0.4) is 0 Å². The van der Waals surface area contributed by atoms with Crippen LogP contribution in [0, 0.1) is 10.1 Å². The summed E-state index contributed by atoms with van der Waals surface area (Å²) in [6.45, 7) is 1.90. The van der Waals surface area contributed by atoms with Crippen LogP contribution in [0.2, 0.25) is 5.02 Å². The second kappa shape index (κ2) is 10.3. The molecular weight excluding hydrogens is 416 g/mol. The molecule has 0 fully saturated rings. The lowest BCUT2D eigenvalue weighted by Gasteiger charge is -2.14. The molecule has 0 saturated heterocycles. The monoisotopic (exact) mass is 434 g/mol. The number of esters is 2. The van der Waals surface area contributed by atoms with E-state index in [2.05, 4.69) is 5.32 Å². The normalized spacial score (nSPS) is 10.5. The summed E-state index contributed by atoms with van der Waals surface area (Å²) in [5.41, 5.74) is 1.06. The summed E-state index contributed by atoms with van der Waals surface area (Å²) in [6, 6.07) is 6.90. The number of carbonyl (C=O) groups excluding carboxylic acids is 2. The SMILES string of the molecule is CCOC(=O)/C=C/c1ccc([N+](=O)[O-])cc1Nc1cc(OC)c(C(=O)OC)cc1Cl. The quantitative estimate of drug-likeness (QED) is 0.282. The van der Waals surface area contributed by atoms with Crippen molar-refractivity contribution in [1.82, 2.24) is 0 Å². The third-order valence-corrected chi connectivity index (χ3v) is 4.21. The lowest BCUT2D eigenvalue weighted by molar-refractivity contribution is -0.384. The van der Waals surface area contributed by atoms with Gasteiger partial charge in [0.1, 0.15) is 11.3 Å². The van der Waals surface area contributed by atoms with Crippen LogP contribution in [0.25, 0.3) is 6.08 Å². The maximum Gasteiger partial charge on any atom is 0.341 e. The van der Waals surface area contributed by atoms with E-state index in [1.54, 1.807) is 6.92 Å². The van der Waals surface area contributed by atoms with Crippen LogP contribution in [0.4, 0.5) is 17.1 Å². The minimum absolute atomic E-state index is 0.122. The molecule has 0 amide bonds. The number of non-ortho nitro benzene ring substituents is 1. The number of anilines is 2. The molecule has 0 unspecified atom stereocenters. The Morgan fingerprint density at radius 3 is 2.53 bits per heavy atom. The van der Waals surface area contributed by atoms with Gasteiger partial charge in [0.15, 0.2) is 0 Å². The number of hydrogen-bond acceptors (Lipinski definition) is 8. The molecular formula is C20H19ClN2O7. The van der Waals surface area contributed by atoms with Crippen LogP contribution >= 0.6 is 11.6 Å². The largest absolute Gasteiger partial charge is 0.496 e. The maximum atomic E-state index is 11.9. The highest BCUT2D eigenvalue weighted by atomic mass is 35.5. The van der Waals surface area contributed by atoms with Crippen molar-refractivity contribution in [1.29, 1.82) is 0 Å². The van der Waals surface area contributed by atoms with E-state index < -0.39 is 16.9 Å². The third-order valence-electron chi connectivity index (χ3n) is 3.90. The highest BCUT2D eigenvalue weighted by molar-refractivity contribution is 6.33. The van der Waals surface area contributed by atoms with E-state index in [1.807, 2.05) is 0 Å². The Balaban J connectivity index is 2.49. The van der Waals surface area contributed by atoms with Gasteiger partial charge in [-0.25, -0.2) is 9.59 Å². The molecule has 0 radical (unpaired) electrons. The zero-order valence-electron chi connectivity index (χ0n) is 16.4. The van der Waals surface area contributed by atoms with Gasteiger partial charge in [-0.3, -0.25) is 10.1 Å². The Kier molecular flexibility index (Phi) is 7.76. The van der Waals surface area contributed by atoms with Gasteiger partial charge >= 0.3 is 11.9 Å². The molecule has 0 bridgehead atoms. The molecule has 0 spiro atoms. The second-order valence-electron chi connectivity index (χ2n) is 5.76. The molecule has 2 aromatic carbocycles. The fraction of sp³-hybridized carbons (Fsp3) is 0.200. The van der Waals surface area contributed by atoms with Crippen molar-refractivity contribution >= 4 is 46.7 Å². The summed E-state index contributed by atoms with van der Waals surface area (Å²) in [5.74, 6) is -0.986. The van der Waals surface area contributed by atoms with E-state index in [0.29, 0.717) is 16.9 Å². The van der Waals surface area contributed by atoms with E-state index in [1.165, 1.54) is 56.7 Å². The average molecular weight is 435 g/mol. The van der Waals surface area contributed by atoms with Gasteiger partial charge in [0, 0.05) is 24.3 Å². The van der Waals surface area contributed by atoms with Crippen LogP contribution in [-0.4, -0.2) is 37.7 Å². The smallest absolute Gasteiger partial charge is 0.341 e. The van der Waals surface area contributed by atoms with Crippen LogP contribution in [0.1, 0.15) is 22.8 Å². The topological polar surface area (TPSA) is 117 Å². The fourth-order valence-electron chi connectivity index (χ4n) is 2.49. The number of halogens is 1. The van der Waals surface area contributed by atoms with Crippen molar-refractivity contribution in [3.8, 4) is 5.75 Å². The Labute approximate surface area is 177 Å². The summed E-state index contributed by atoms with van der Waals surface area (Å²) in [7, 11) is 2.60. The van der Waals surface area contributed by atoms with Crippen molar-refractivity contribution in [2.24, 2.45) is 0 Å². The first-order valence-corrected chi connectivity index (χ1v) is 9.04. The zero-order valence-corrected chi connectivity index (χ0v) is 17.2. The highest BCUT2D eigenvalue weighted by Gasteiger charge is 2.18. The van der Waals surface area contributed by atoms with Crippen molar-refractivity contribution in [3.05, 3.63) is 62.7 Å². The van der Waals surface area contributed by atoms with Gasteiger partial charge in [-0.05, 0) is 30.7 Å². The molecule has 0 heterocycles. The Hall–Kier alpha value is -3.59. The first-order chi connectivity index (χ1) is 14.3. The molecule has 9 nitrogen and oxygen atoms in total. The molecule has 2 aromatic rings. The molecule has 30 heavy (non-hydrogen) atoms. The second-order valence-corrected chi connectivity index (χ2v) is 6.17. The summed E-state index contributed by atoms with van der Waals surface area (Å²) in [4.78, 5) is 34.1. The number of benzene rings is 2. The number of carbonyl (C=O) groups is 2. The number of rotatable bonds is 8. The Morgan fingerprint density at radius 2 is 1.93 bits per heavy atom. The number of hydrogen-bond donors (Lipinski definition) is 1. The van der Waals surface area contributed by atoms with Gasteiger partial charge < -0.3 is 19.5 Å². The molecule has 0 saturated carbocycles. The Morgan fingerprint density at radius 1 is 1.20 bits per heavy atom. The van der Waals surface area contributed by atoms with Crippen LogP contribution in [-0.2, 0) is 14.3 Å². The van der Waals surface area contributed by atoms with Crippen molar-refractivity contribution in [2.75, 3.05) is 26.1 Å². The lowest BCUT2D eigenvalue weighted by atomic mass is 10.1. The molecule has 10 heteroatoms. The van der Waals surface area contributed by atoms with Crippen molar-refractivity contribution < 1.29 is 28.7 Å². The van der Waals surface area contributed by atoms with E-state index >= 15 is 0 Å². The van der Waals surface area contributed by atoms with Crippen LogP contribution in [0.5, 0.6) is 5.75 Å². The number of nitro benzene ring substituents is 1. The van der Waals surface area contributed by atoms with E-state index in [0.717, 1.165) is 0 Å². The summed E-state index contributed by atoms with van der Waals surface area (Å²) in [6.07, 6.45) is 2.66. The number of nitro groups is 1. The van der Waals surface area contributed by atoms with Crippen LogP contribution < -0.4 is 10.1 Å². The predicted molar refractivity (Wildman–Crippen MR) is 111 cm³/mol. The molecule has 158 valence electrons. The summed E-state index contributed by atoms with van der Waals surface area (Å²) >= 11 is 6.28. The van der Waals surface area contributed by atoms with Gasteiger partial charge in [-0.2, -0.15) is 0 Å². The van der Waals surface area contributed by atoms with E-state index in [4.69, 9.17) is 25.8 Å². The van der Waals surface area contributed by atoms with Crippen molar-refractivity contribution in [3.63, 3.8) is 0 Å². The standard InChI is InChI=1S/C20H19ClN2O7/c1-4-30-19(24)8-6-12-5-7-13(23(26)27)9-16(12)22-17-11-18(28-2)14(10-15(17)21)20(25)29-3/h5-11,22H,4H2,1-3H3/b8-6+. The molecule has 1 N–H and O–H groups in total. The van der Waals surface area contributed by atoms with Crippen LogP contribution in [0.15, 0.2) is 36.4 Å². The minimum Gasteiger partial charge on any atom is -0.496 e. The molecule has 0 aliphatic carbocycles. The number of methoxy groups -OCH3 is 2. The lowest BCUT2D eigenvalue weighted by Crippen LogP contribution is -2.05. The molecule has 0 aliphatic heterocycles. The van der Waals surface area contributed by atoms with Crippen molar-refractivity contribution in [2.45, 2.75) is 6.92 Å². The molecule has 0 aromatic heterocycles. The number of ether oxygens (including phenoxy) is 3.